The standard InChI is InChI=1S/C21H26ClN5O4/c1-25-18-17(19(29)24-21(25)30)27(20(23-18)26-10-4-2-3-5-11-26)12-15(28)13-31-16-8-6-14(22)7-9-16/h6-9,15,28H,2-5,10-13H2,1H3,(H,24,29,30). The molecule has 1 atom stereocenters. The molecule has 1 saturated heterocycles. The van der Waals surface area contributed by atoms with Crippen LogP contribution in [0.15, 0.2) is 33.9 Å². The molecule has 2 aromatic heterocycles. The molecule has 0 radical (unpaired) electrons. The number of benzene rings is 1. The Morgan fingerprint density at radius 1 is 1.16 bits per heavy atom. The summed E-state index contributed by atoms with van der Waals surface area (Å²) < 4.78 is 8.69. The Balaban J connectivity index is 1.66. The molecule has 0 bridgehead atoms. The highest BCUT2D eigenvalue weighted by Gasteiger charge is 2.24. The van der Waals surface area contributed by atoms with Gasteiger partial charge in [-0.25, -0.2) is 4.79 Å². The van der Waals surface area contributed by atoms with Crippen molar-refractivity contribution in [2.75, 3.05) is 24.6 Å². The van der Waals surface area contributed by atoms with Gasteiger partial charge in [0.1, 0.15) is 18.5 Å². The summed E-state index contributed by atoms with van der Waals surface area (Å²) >= 11 is 5.89. The maximum Gasteiger partial charge on any atom is 0.329 e. The second kappa shape index (κ2) is 9.15. The van der Waals surface area contributed by atoms with Gasteiger partial charge in [-0.1, -0.05) is 24.4 Å². The molecule has 1 aliphatic heterocycles. The van der Waals surface area contributed by atoms with Crippen molar-refractivity contribution in [1.82, 2.24) is 19.1 Å². The molecule has 9 nitrogen and oxygen atoms in total. The minimum Gasteiger partial charge on any atom is -0.491 e. The van der Waals surface area contributed by atoms with Crippen LogP contribution < -0.4 is 20.9 Å². The summed E-state index contributed by atoms with van der Waals surface area (Å²) in [6, 6.07) is 6.88. The molecule has 2 N–H and O–H groups in total. The Hall–Kier alpha value is -2.78. The smallest absolute Gasteiger partial charge is 0.329 e. The minimum atomic E-state index is -0.893. The number of aryl methyl sites for hydroxylation is 1. The van der Waals surface area contributed by atoms with Gasteiger partial charge in [-0.15, -0.1) is 0 Å². The number of aromatic amines is 1. The highest BCUT2D eigenvalue weighted by atomic mass is 35.5. The lowest BCUT2D eigenvalue weighted by molar-refractivity contribution is 0.0936. The predicted octanol–water partition coefficient (Wildman–Crippen LogP) is 1.90. The molecular weight excluding hydrogens is 422 g/mol. The van der Waals surface area contributed by atoms with E-state index in [1.807, 2.05) is 0 Å². The van der Waals surface area contributed by atoms with Crippen LogP contribution in [0.4, 0.5) is 5.95 Å². The van der Waals surface area contributed by atoms with Crippen molar-refractivity contribution < 1.29 is 9.84 Å². The summed E-state index contributed by atoms with van der Waals surface area (Å²) in [5.74, 6) is 1.18. The van der Waals surface area contributed by atoms with Crippen LogP contribution in [-0.2, 0) is 13.6 Å². The monoisotopic (exact) mass is 447 g/mol. The highest BCUT2D eigenvalue weighted by Crippen LogP contribution is 2.23. The van der Waals surface area contributed by atoms with E-state index in [2.05, 4.69) is 14.9 Å². The highest BCUT2D eigenvalue weighted by molar-refractivity contribution is 6.30. The number of aliphatic hydroxyl groups excluding tert-OH is 1. The first kappa shape index (κ1) is 21.5. The van der Waals surface area contributed by atoms with E-state index in [1.54, 1.807) is 35.9 Å². The molecule has 166 valence electrons. The van der Waals surface area contributed by atoms with Crippen LogP contribution >= 0.6 is 11.6 Å². The number of hydrogen-bond donors (Lipinski definition) is 2. The molecule has 0 saturated carbocycles. The fourth-order valence-electron chi connectivity index (χ4n) is 3.89. The van der Waals surface area contributed by atoms with Gasteiger partial charge in [-0.3, -0.25) is 14.3 Å². The summed E-state index contributed by atoms with van der Waals surface area (Å²) in [5.41, 5.74) is -0.459. The van der Waals surface area contributed by atoms with E-state index in [0.717, 1.165) is 38.8 Å². The molecule has 3 aromatic rings. The molecule has 1 aliphatic rings. The molecule has 1 aromatic carbocycles. The van der Waals surface area contributed by atoms with Crippen LogP contribution in [0.25, 0.3) is 11.2 Å². The lowest BCUT2D eigenvalue weighted by Gasteiger charge is -2.23. The molecule has 31 heavy (non-hydrogen) atoms. The number of H-pyrrole nitrogens is 1. The Bertz CT molecular complexity index is 1160. The zero-order valence-electron chi connectivity index (χ0n) is 17.4. The van der Waals surface area contributed by atoms with Crippen LogP contribution in [0.2, 0.25) is 5.02 Å². The number of aromatic nitrogens is 4. The van der Waals surface area contributed by atoms with Crippen molar-refractivity contribution in [3.8, 4) is 5.75 Å². The van der Waals surface area contributed by atoms with E-state index in [-0.39, 0.29) is 18.7 Å². The van der Waals surface area contributed by atoms with Crippen LogP contribution in [0, 0.1) is 0 Å². The number of rotatable bonds is 6. The third kappa shape index (κ3) is 4.62. The fourth-order valence-corrected chi connectivity index (χ4v) is 4.02. The van der Waals surface area contributed by atoms with Gasteiger partial charge in [0.2, 0.25) is 5.95 Å². The van der Waals surface area contributed by atoms with Gasteiger partial charge in [0, 0.05) is 25.2 Å². The van der Waals surface area contributed by atoms with Crippen molar-refractivity contribution >= 4 is 28.7 Å². The molecule has 4 rings (SSSR count). The third-order valence-electron chi connectivity index (χ3n) is 5.53. The molecule has 10 heteroatoms. The van der Waals surface area contributed by atoms with Crippen molar-refractivity contribution in [1.29, 1.82) is 0 Å². The molecule has 1 fully saturated rings. The minimum absolute atomic E-state index is 0.0322. The van der Waals surface area contributed by atoms with E-state index in [0.29, 0.717) is 22.4 Å². The van der Waals surface area contributed by atoms with E-state index >= 15 is 0 Å². The third-order valence-corrected chi connectivity index (χ3v) is 5.78. The first-order valence-corrected chi connectivity index (χ1v) is 10.8. The molecule has 0 amide bonds. The molecule has 3 heterocycles. The molecule has 1 unspecified atom stereocenters. The summed E-state index contributed by atoms with van der Waals surface area (Å²) in [4.78, 5) is 33.8. The van der Waals surface area contributed by atoms with E-state index in [9.17, 15) is 14.7 Å². The number of nitrogens with zero attached hydrogens (tertiary/aromatic N) is 4. The average molecular weight is 448 g/mol. The first-order chi connectivity index (χ1) is 14.9. The largest absolute Gasteiger partial charge is 0.491 e. The lowest BCUT2D eigenvalue weighted by Crippen LogP contribution is -2.32. The second-order valence-electron chi connectivity index (χ2n) is 7.83. The van der Waals surface area contributed by atoms with Crippen molar-refractivity contribution in [2.24, 2.45) is 7.05 Å². The SMILES string of the molecule is Cn1c(=O)[nH]c(=O)c2c1nc(N1CCCCCC1)n2CC(O)COc1ccc(Cl)cc1. The molecule has 0 aliphatic carbocycles. The fraction of sp³-hybridized carbons (Fsp3) is 0.476. The van der Waals surface area contributed by atoms with Crippen molar-refractivity contribution in [2.45, 2.75) is 38.3 Å². The number of imidazole rings is 1. The average Bonchev–Trinajstić information content (AvgIpc) is 2.93. The Labute approximate surface area is 183 Å². The summed E-state index contributed by atoms with van der Waals surface area (Å²) in [5, 5.41) is 11.3. The summed E-state index contributed by atoms with van der Waals surface area (Å²) in [6.07, 6.45) is 3.46. The predicted molar refractivity (Wildman–Crippen MR) is 119 cm³/mol. The van der Waals surface area contributed by atoms with Crippen LogP contribution in [0.5, 0.6) is 5.75 Å². The van der Waals surface area contributed by atoms with Gasteiger partial charge >= 0.3 is 5.69 Å². The van der Waals surface area contributed by atoms with Gasteiger partial charge in [0.25, 0.3) is 5.56 Å². The lowest BCUT2D eigenvalue weighted by atomic mass is 10.2. The van der Waals surface area contributed by atoms with Gasteiger partial charge < -0.3 is 19.3 Å². The topological polar surface area (TPSA) is 105 Å². The first-order valence-electron chi connectivity index (χ1n) is 10.4. The van der Waals surface area contributed by atoms with Crippen LogP contribution in [0.1, 0.15) is 25.7 Å². The number of fused-ring (bicyclic) bond motifs is 1. The maximum absolute atomic E-state index is 12.7. The number of hydrogen-bond acceptors (Lipinski definition) is 6. The van der Waals surface area contributed by atoms with E-state index < -0.39 is 17.4 Å². The van der Waals surface area contributed by atoms with E-state index in [4.69, 9.17) is 16.3 Å². The number of nitrogens with one attached hydrogen (secondary N) is 1. The molecular formula is C21H26ClN5O4. The summed E-state index contributed by atoms with van der Waals surface area (Å²) in [6.45, 7) is 1.76. The van der Waals surface area contributed by atoms with E-state index in [1.165, 1.54) is 4.57 Å². The number of aliphatic hydroxyl groups is 1. The Morgan fingerprint density at radius 2 is 1.84 bits per heavy atom. The van der Waals surface area contributed by atoms with Crippen LogP contribution in [0.3, 0.4) is 0 Å². The van der Waals surface area contributed by atoms with Gasteiger partial charge in [0.15, 0.2) is 11.2 Å². The quantitative estimate of drug-likeness (QED) is 0.598. The zero-order valence-corrected chi connectivity index (χ0v) is 18.1. The van der Waals surface area contributed by atoms with Gasteiger partial charge in [-0.2, -0.15) is 4.98 Å². The maximum atomic E-state index is 12.7. The normalized spacial score (nSPS) is 15.8. The second-order valence-corrected chi connectivity index (χ2v) is 8.27. The van der Waals surface area contributed by atoms with Crippen molar-refractivity contribution in [3.05, 3.63) is 50.1 Å². The number of anilines is 1. The van der Waals surface area contributed by atoms with Crippen molar-refractivity contribution in [3.63, 3.8) is 0 Å². The van der Waals surface area contributed by atoms with Gasteiger partial charge in [-0.05, 0) is 37.1 Å². The summed E-state index contributed by atoms with van der Waals surface area (Å²) in [7, 11) is 1.57. The zero-order chi connectivity index (χ0) is 22.0. The number of ether oxygens (including phenoxy) is 1. The van der Waals surface area contributed by atoms with Gasteiger partial charge in [0.05, 0.1) is 6.54 Å². The number of halogens is 1. The van der Waals surface area contributed by atoms with Crippen LogP contribution in [-0.4, -0.2) is 50.0 Å². The Morgan fingerprint density at radius 3 is 2.52 bits per heavy atom. The Kier molecular flexibility index (Phi) is 6.33. The molecule has 0 spiro atoms.